The fraction of sp³-hybridized carbons (Fsp3) is 0.400. The van der Waals surface area contributed by atoms with E-state index in [0.29, 0.717) is 0 Å². The van der Waals surface area contributed by atoms with Crippen molar-refractivity contribution in [3.8, 4) is 0 Å². The van der Waals surface area contributed by atoms with E-state index in [1.165, 1.54) is 12.2 Å². The first-order valence-corrected chi connectivity index (χ1v) is 4.58. The largest absolute Gasteiger partial charge is 0.481 e. The molecule has 1 aliphatic carbocycles. The quantitative estimate of drug-likeness (QED) is 0.726. The minimum atomic E-state index is -2.03. The lowest BCUT2D eigenvalue weighted by Gasteiger charge is -2.20. The molecule has 0 bridgehead atoms. The van der Waals surface area contributed by atoms with Gasteiger partial charge in [0.2, 0.25) is 5.67 Å². The van der Waals surface area contributed by atoms with Crippen molar-refractivity contribution in [3.63, 3.8) is 0 Å². The molecule has 0 aromatic heterocycles. The Morgan fingerprint density at radius 1 is 1.47 bits per heavy atom. The van der Waals surface area contributed by atoms with E-state index in [2.05, 4.69) is 5.32 Å². The molecule has 1 unspecified atom stereocenters. The zero-order valence-corrected chi connectivity index (χ0v) is 8.07. The molecule has 0 fully saturated rings. The van der Waals surface area contributed by atoms with Gasteiger partial charge in [0.1, 0.15) is 0 Å². The first-order valence-electron chi connectivity index (χ1n) is 4.58. The van der Waals surface area contributed by atoms with Crippen molar-refractivity contribution in [2.75, 3.05) is 6.54 Å². The molecular weight excluding hydrogens is 201 g/mol. The van der Waals surface area contributed by atoms with Crippen LogP contribution in [0.4, 0.5) is 4.39 Å². The van der Waals surface area contributed by atoms with Crippen molar-refractivity contribution in [2.45, 2.75) is 18.5 Å². The summed E-state index contributed by atoms with van der Waals surface area (Å²) in [5.74, 6) is -1.81. The first kappa shape index (κ1) is 11.4. The first-order chi connectivity index (χ1) is 7.04. The normalized spacial score (nSPS) is 23.8. The summed E-state index contributed by atoms with van der Waals surface area (Å²) in [6.07, 6.45) is 5.62. The van der Waals surface area contributed by atoms with Crippen LogP contribution in [0.25, 0.3) is 0 Å². The van der Waals surface area contributed by atoms with Crippen molar-refractivity contribution < 1.29 is 19.1 Å². The number of aliphatic carboxylic acids is 1. The molecular formula is C10H12FNO3. The van der Waals surface area contributed by atoms with Crippen LogP contribution in [0.3, 0.4) is 0 Å². The Morgan fingerprint density at radius 3 is 2.73 bits per heavy atom. The standard InChI is InChI=1S/C10H12FNO3/c11-10(5-2-1-3-6-10)9(15)12-7-4-8(13)14/h1-3,5H,4,6-7H2,(H,12,15)(H,13,14). The van der Waals surface area contributed by atoms with E-state index >= 15 is 0 Å². The predicted molar refractivity (Wildman–Crippen MR) is 52.0 cm³/mol. The maximum absolute atomic E-state index is 13.8. The van der Waals surface area contributed by atoms with Crippen molar-refractivity contribution in [1.82, 2.24) is 5.32 Å². The number of allylic oxidation sites excluding steroid dienone is 3. The third kappa shape index (κ3) is 3.19. The van der Waals surface area contributed by atoms with E-state index in [4.69, 9.17) is 5.11 Å². The van der Waals surface area contributed by atoms with Crippen LogP contribution in [-0.4, -0.2) is 29.2 Å². The van der Waals surface area contributed by atoms with Crippen LogP contribution in [0.2, 0.25) is 0 Å². The van der Waals surface area contributed by atoms with Gasteiger partial charge in [0.05, 0.1) is 6.42 Å². The summed E-state index contributed by atoms with van der Waals surface area (Å²) in [5, 5.41) is 10.6. The smallest absolute Gasteiger partial charge is 0.305 e. The molecule has 1 aliphatic rings. The molecule has 15 heavy (non-hydrogen) atoms. The van der Waals surface area contributed by atoms with Crippen LogP contribution in [0.15, 0.2) is 24.3 Å². The van der Waals surface area contributed by atoms with E-state index in [1.807, 2.05) is 0 Å². The average molecular weight is 213 g/mol. The number of halogens is 1. The molecule has 2 N–H and O–H groups in total. The van der Waals surface area contributed by atoms with Crippen molar-refractivity contribution in [2.24, 2.45) is 0 Å². The fourth-order valence-corrected chi connectivity index (χ4v) is 1.19. The molecule has 0 aromatic carbocycles. The van der Waals surface area contributed by atoms with Gasteiger partial charge in [0.15, 0.2) is 0 Å². The highest BCUT2D eigenvalue weighted by Crippen LogP contribution is 2.22. The van der Waals surface area contributed by atoms with Gasteiger partial charge in [0.25, 0.3) is 5.91 Å². The lowest BCUT2D eigenvalue weighted by molar-refractivity contribution is -0.137. The summed E-state index contributed by atoms with van der Waals surface area (Å²) in [4.78, 5) is 21.5. The summed E-state index contributed by atoms with van der Waals surface area (Å²) in [5.41, 5.74) is -2.03. The van der Waals surface area contributed by atoms with Crippen LogP contribution < -0.4 is 5.32 Å². The predicted octanol–water partition coefficient (Wildman–Crippen LogP) is 0.802. The second-order valence-corrected chi connectivity index (χ2v) is 3.25. The van der Waals surface area contributed by atoms with Gasteiger partial charge >= 0.3 is 5.97 Å². The van der Waals surface area contributed by atoms with Crippen LogP contribution in [-0.2, 0) is 9.59 Å². The number of carbonyl (C=O) groups is 2. The molecule has 1 amide bonds. The minimum Gasteiger partial charge on any atom is -0.481 e. The maximum Gasteiger partial charge on any atom is 0.305 e. The van der Waals surface area contributed by atoms with Gasteiger partial charge in [-0.05, 0) is 6.08 Å². The van der Waals surface area contributed by atoms with E-state index < -0.39 is 17.5 Å². The number of carboxylic acid groups (broad SMARTS) is 1. The Balaban J connectivity index is 2.43. The Morgan fingerprint density at radius 2 is 2.20 bits per heavy atom. The van der Waals surface area contributed by atoms with Gasteiger partial charge in [0, 0.05) is 13.0 Å². The Hall–Kier alpha value is -1.65. The lowest BCUT2D eigenvalue weighted by Crippen LogP contribution is -2.42. The zero-order chi connectivity index (χ0) is 11.3. The number of nitrogens with one attached hydrogen (secondary N) is 1. The molecule has 0 saturated carbocycles. The number of alkyl halides is 1. The molecule has 1 rings (SSSR count). The Bertz CT molecular complexity index is 325. The molecule has 0 aromatic rings. The van der Waals surface area contributed by atoms with Gasteiger partial charge in [-0.15, -0.1) is 0 Å². The summed E-state index contributed by atoms with van der Waals surface area (Å²) < 4.78 is 13.8. The van der Waals surface area contributed by atoms with Gasteiger partial charge < -0.3 is 10.4 Å². The molecule has 0 heterocycles. The topological polar surface area (TPSA) is 66.4 Å². The fourth-order valence-electron chi connectivity index (χ4n) is 1.19. The van der Waals surface area contributed by atoms with Gasteiger partial charge in [-0.25, -0.2) is 4.39 Å². The molecule has 0 saturated heterocycles. The summed E-state index contributed by atoms with van der Waals surface area (Å²) in [6, 6.07) is 0. The summed E-state index contributed by atoms with van der Waals surface area (Å²) in [7, 11) is 0. The average Bonchev–Trinajstić information content (AvgIpc) is 2.18. The van der Waals surface area contributed by atoms with Crippen LogP contribution in [0, 0.1) is 0 Å². The second kappa shape index (κ2) is 4.72. The van der Waals surface area contributed by atoms with Gasteiger partial charge in [-0.2, -0.15) is 0 Å². The number of rotatable bonds is 4. The number of carbonyl (C=O) groups excluding carboxylic acids is 1. The highest BCUT2D eigenvalue weighted by atomic mass is 19.1. The van der Waals surface area contributed by atoms with Crippen LogP contribution >= 0.6 is 0 Å². The number of hydrogen-bond acceptors (Lipinski definition) is 2. The monoisotopic (exact) mass is 213 g/mol. The van der Waals surface area contributed by atoms with Gasteiger partial charge in [-0.1, -0.05) is 18.2 Å². The van der Waals surface area contributed by atoms with E-state index in [9.17, 15) is 14.0 Å². The second-order valence-electron chi connectivity index (χ2n) is 3.25. The lowest BCUT2D eigenvalue weighted by atomic mass is 9.96. The van der Waals surface area contributed by atoms with Crippen molar-refractivity contribution in [1.29, 1.82) is 0 Å². The maximum atomic E-state index is 13.8. The SMILES string of the molecule is O=C(O)CCNC(=O)C1(F)C=CC=CC1. The third-order valence-corrected chi connectivity index (χ3v) is 2.02. The zero-order valence-electron chi connectivity index (χ0n) is 8.07. The van der Waals surface area contributed by atoms with Crippen molar-refractivity contribution >= 4 is 11.9 Å². The molecule has 0 aliphatic heterocycles. The van der Waals surface area contributed by atoms with Crippen LogP contribution in [0.5, 0.6) is 0 Å². The van der Waals surface area contributed by atoms with Gasteiger partial charge in [-0.3, -0.25) is 9.59 Å². The minimum absolute atomic E-state index is 0.0115. The number of hydrogen-bond donors (Lipinski definition) is 2. The van der Waals surface area contributed by atoms with E-state index in [1.54, 1.807) is 12.2 Å². The van der Waals surface area contributed by atoms with E-state index in [0.717, 1.165) is 0 Å². The third-order valence-electron chi connectivity index (χ3n) is 2.02. The summed E-state index contributed by atoms with van der Waals surface area (Å²) >= 11 is 0. The Kier molecular flexibility index (Phi) is 3.60. The highest BCUT2D eigenvalue weighted by molar-refractivity contribution is 5.88. The number of amides is 1. The molecule has 0 spiro atoms. The number of carboxylic acids is 1. The molecule has 0 radical (unpaired) electrons. The molecule has 82 valence electrons. The highest BCUT2D eigenvalue weighted by Gasteiger charge is 2.35. The summed E-state index contributed by atoms with van der Waals surface area (Å²) in [6.45, 7) is -0.0581. The van der Waals surface area contributed by atoms with Crippen LogP contribution in [0.1, 0.15) is 12.8 Å². The van der Waals surface area contributed by atoms with Crippen molar-refractivity contribution in [3.05, 3.63) is 24.3 Å². The van der Waals surface area contributed by atoms with E-state index in [-0.39, 0.29) is 19.4 Å². The molecule has 5 heteroatoms. The molecule has 4 nitrogen and oxygen atoms in total. The Labute approximate surface area is 86.5 Å². The molecule has 1 atom stereocenters.